The highest BCUT2D eigenvalue weighted by Crippen LogP contribution is 2.57. The zero-order chi connectivity index (χ0) is 13.2. The van der Waals surface area contributed by atoms with Gasteiger partial charge in [-0.05, 0) is 36.7 Å². The van der Waals surface area contributed by atoms with Crippen molar-refractivity contribution in [3.05, 3.63) is 35.9 Å². The predicted molar refractivity (Wildman–Crippen MR) is 73.5 cm³/mol. The molecule has 1 amide bonds. The maximum absolute atomic E-state index is 12.2. The van der Waals surface area contributed by atoms with E-state index in [9.17, 15) is 9.90 Å². The van der Waals surface area contributed by atoms with Crippen LogP contribution in [0.25, 0.3) is 0 Å². The number of amides is 1. The highest BCUT2D eigenvalue weighted by Gasteiger charge is 2.56. The molecular weight excluding hydrogens is 238 g/mol. The number of fused-ring (bicyclic) bond motifs is 1. The second kappa shape index (κ2) is 5.33. The molecule has 0 radical (unpaired) electrons. The summed E-state index contributed by atoms with van der Waals surface area (Å²) in [7, 11) is 0. The van der Waals surface area contributed by atoms with Crippen LogP contribution in [-0.4, -0.2) is 23.7 Å². The highest BCUT2D eigenvalue weighted by atomic mass is 16.3. The Balaban J connectivity index is 1.54. The van der Waals surface area contributed by atoms with E-state index in [2.05, 4.69) is 5.32 Å². The van der Waals surface area contributed by atoms with Crippen molar-refractivity contribution in [3.8, 4) is 0 Å². The molecule has 0 heterocycles. The van der Waals surface area contributed by atoms with Crippen molar-refractivity contribution in [3.63, 3.8) is 0 Å². The minimum Gasteiger partial charge on any atom is -0.394 e. The molecule has 1 aromatic rings. The fourth-order valence-electron chi connectivity index (χ4n) is 3.57. The minimum absolute atomic E-state index is 0.00267. The Bertz CT molecular complexity index is 435. The molecule has 0 saturated heterocycles. The van der Waals surface area contributed by atoms with Gasteiger partial charge in [0.05, 0.1) is 12.6 Å². The average Bonchev–Trinajstić information content (AvgIpc) is 2.93. The van der Waals surface area contributed by atoms with Crippen molar-refractivity contribution in [1.82, 2.24) is 5.32 Å². The summed E-state index contributed by atoms with van der Waals surface area (Å²) in [4.78, 5) is 12.2. The number of carbonyl (C=O) groups excluding carboxylic acids is 1. The Kier molecular flexibility index (Phi) is 3.56. The second-order valence-corrected chi connectivity index (χ2v) is 5.86. The Morgan fingerprint density at radius 1 is 1.26 bits per heavy atom. The molecule has 102 valence electrons. The summed E-state index contributed by atoms with van der Waals surface area (Å²) in [6.45, 7) is 0.00267. The lowest BCUT2D eigenvalue weighted by atomic mass is 10.1. The molecule has 3 atom stereocenters. The SMILES string of the molecule is O=C(N[C@@H](CO)Cc1ccccc1)C1C2CCCC21. The van der Waals surface area contributed by atoms with E-state index in [1.54, 1.807) is 0 Å². The van der Waals surface area contributed by atoms with E-state index in [0.29, 0.717) is 18.3 Å². The number of hydrogen-bond acceptors (Lipinski definition) is 2. The summed E-state index contributed by atoms with van der Waals surface area (Å²) in [5, 5.41) is 12.4. The Labute approximate surface area is 114 Å². The predicted octanol–water partition coefficient (Wildman–Crippen LogP) is 1.75. The molecule has 3 nitrogen and oxygen atoms in total. The standard InChI is InChI=1S/C16H21NO2/c18-10-12(9-11-5-2-1-3-6-11)17-16(19)15-13-7-4-8-14(13)15/h1-3,5-6,12-15,18H,4,7-10H2,(H,17,19)/t12-,13?,14?,15?/m1/s1. The van der Waals surface area contributed by atoms with Gasteiger partial charge < -0.3 is 10.4 Å². The van der Waals surface area contributed by atoms with Crippen LogP contribution in [0.4, 0.5) is 0 Å². The van der Waals surface area contributed by atoms with E-state index in [4.69, 9.17) is 0 Å². The monoisotopic (exact) mass is 259 g/mol. The molecule has 0 spiro atoms. The molecule has 2 aliphatic rings. The molecule has 2 fully saturated rings. The van der Waals surface area contributed by atoms with E-state index < -0.39 is 0 Å². The van der Waals surface area contributed by atoms with Gasteiger partial charge in [0.1, 0.15) is 0 Å². The summed E-state index contributed by atoms with van der Waals surface area (Å²) in [5.41, 5.74) is 1.15. The third kappa shape index (κ3) is 2.66. The van der Waals surface area contributed by atoms with Gasteiger partial charge in [0.2, 0.25) is 5.91 Å². The van der Waals surface area contributed by atoms with Gasteiger partial charge in [-0.2, -0.15) is 0 Å². The molecule has 2 N–H and O–H groups in total. The van der Waals surface area contributed by atoms with Crippen LogP contribution < -0.4 is 5.32 Å². The molecule has 19 heavy (non-hydrogen) atoms. The van der Waals surface area contributed by atoms with Gasteiger partial charge >= 0.3 is 0 Å². The number of aliphatic hydroxyl groups excluding tert-OH is 1. The van der Waals surface area contributed by atoms with Crippen molar-refractivity contribution in [2.75, 3.05) is 6.61 Å². The Hall–Kier alpha value is -1.35. The number of carbonyl (C=O) groups is 1. The van der Waals surface area contributed by atoms with Crippen LogP contribution in [0.3, 0.4) is 0 Å². The van der Waals surface area contributed by atoms with Gasteiger partial charge in [-0.25, -0.2) is 0 Å². The van der Waals surface area contributed by atoms with Gasteiger partial charge in [-0.3, -0.25) is 4.79 Å². The fourth-order valence-corrected chi connectivity index (χ4v) is 3.57. The molecule has 3 heteroatoms. The van der Waals surface area contributed by atoms with Gasteiger partial charge in [-0.1, -0.05) is 36.8 Å². The molecular formula is C16H21NO2. The molecule has 2 unspecified atom stereocenters. The summed E-state index contributed by atoms with van der Waals surface area (Å²) in [5.74, 6) is 1.66. The van der Waals surface area contributed by atoms with Crippen LogP contribution in [0.2, 0.25) is 0 Å². The first kappa shape index (κ1) is 12.7. The number of benzene rings is 1. The average molecular weight is 259 g/mol. The first-order valence-electron chi connectivity index (χ1n) is 7.24. The van der Waals surface area contributed by atoms with Crippen molar-refractivity contribution < 1.29 is 9.90 Å². The second-order valence-electron chi connectivity index (χ2n) is 5.86. The Morgan fingerprint density at radius 3 is 2.58 bits per heavy atom. The third-order valence-electron chi connectivity index (χ3n) is 4.60. The molecule has 2 saturated carbocycles. The molecule has 0 aromatic heterocycles. The summed E-state index contributed by atoms with van der Waals surface area (Å²) >= 11 is 0. The fraction of sp³-hybridized carbons (Fsp3) is 0.562. The lowest BCUT2D eigenvalue weighted by molar-refractivity contribution is -0.124. The number of aliphatic hydroxyl groups is 1. The van der Waals surface area contributed by atoms with E-state index in [1.165, 1.54) is 19.3 Å². The van der Waals surface area contributed by atoms with Crippen molar-refractivity contribution >= 4 is 5.91 Å². The first-order valence-corrected chi connectivity index (χ1v) is 7.24. The maximum atomic E-state index is 12.2. The molecule has 0 bridgehead atoms. The number of rotatable bonds is 5. The van der Waals surface area contributed by atoms with Gasteiger partial charge in [0, 0.05) is 5.92 Å². The number of nitrogens with one attached hydrogen (secondary N) is 1. The van der Waals surface area contributed by atoms with Crippen molar-refractivity contribution in [2.45, 2.75) is 31.7 Å². The third-order valence-corrected chi connectivity index (χ3v) is 4.60. The van der Waals surface area contributed by atoms with E-state index in [0.717, 1.165) is 5.56 Å². The van der Waals surface area contributed by atoms with E-state index in [-0.39, 0.29) is 24.5 Å². The number of hydrogen-bond donors (Lipinski definition) is 2. The molecule has 2 aliphatic carbocycles. The van der Waals surface area contributed by atoms with Crippen LogP contribution in [-0.2, 0) is 11.2 Å². The topological polar surface area (TPSA) is 49.3 Å². The summed E-state index contributed by atoms with van der Waals surface area (Å²) in [6.07, 6.45) is 4.41. The first-order chi connectivity index (χ1) is 9.29. The molecule has 1 aromatic carbocycles. The van der Waals surface area contributed by atoms with E-state index >= 15 is 0 Å². The molecule has 0 aliphatic heterocycles. The van der Waals surface area contributed by atoms with Crippen molar-refractivity contribution in [1.29, 1.82) is 0 Å². The van der Waals surface area contributed by atoms with Crippen molar-refractivity contribution in [2.24, 2.45) is 17.8 Å². The zero-order valence-electron chi connectivity index (χ0n) is 11.1. The lowest BCUT2D eigenvalue weighted by Gasteiger charge is -2.17. The van der Waals surface area contributed by atoms with Crippen LogP contribution >= 0.6 is 0 Å². The van der Waals surface area contributed by atoms with Crippen LogP contribution in [0.5, 0.6) is 0 Å². The molecule has 3 rings (SSSR count). The van der Waals surface area contributed by atoms with Crippen LogP contribution in [0.1, 0.15) is 24.8 Å². The summed E-state index contributed by atoms with van der Waals surface area (Å²) in [6, 6.07) is 9.84. The minimum atomic E-state index is -0.156. The smallest absolute Gasteiger partial charge is 0.223 e. The normalized spacial score (nSPS) is 29.6. The largest absolute Gasteiger partial charge is 0.394 e. The maximum Gasteiger partial charge on any atom is 0.223 e. The van der Waals surface area contributed by atoms with Gasteiger partial charge in [0.15, 0.2) is 0 Å². The zero-order valence-corrected chi connectivity index (χ0v) is 11.1. The van der Waals surface area contributed by atoms with Gasteiger partial charge in [-0.15, -0.1) is 0 Å². The summed E-state index contributed by atoms with van der Waals surface area (Å²) < 4.78 is 0. The quantitative estimate of drug-likeness (QED) is 0.846. The van der Waals surface area contributed by atoms with E-state index in [1.807, 2.05) is 30.3 Å². The van der Waals surface area contributed by atoms with Gasteiger partial charge in [0.25, 0.3) is 0 Å². The lowest BCUT2D eigenvalue weighted by Crippen LogP contribution is -2.40. The van der Waals surface area contributed by atoms with Crippen LogP contribution in [0.15, 0.2) is 30.3 Å². The highest BCUT2D eigenvalue weighted by molar-refractivity contribution is 5.82. The Morgan fingerprint density at radius 2 is 1.95 bits per heavy atom. The van der Waals surface area contributed by atoms with Crippen LogP contribution in [0, 0.1) is 17.8 Å².